The van der Waals surface area contributed by atoms with E-state index in [0.717, 1.165) is 0 Å². The Hall–Kier alpha value is -1.69. The highest BCUT2D eigenvalue weighted by atomic mass is 16.6. The quantitative estimate of drug-likeness (QED) is 0.617. The van der Waals surface area contributed by atoms with Crippen LogP contribution in [-0.4, -0.2) is 40.9 Å². The predicted octanol–water partition coefficient (Wildman–Crippen LogP) is 1.53. The minimum atomic E-state index is -0.648. The average molecular weight is 285 g/mol. The van der Waals surface area contributed by atoms with Crippen LogP contribution in [0.25, 0.3) is 0 Å². The SMILES string of the molecule is C=C(C(C)O)N(/C=C\N)CCCNC(=O)OC(C)(C)C. The number of aliphatic hydroxyl groups is 1. The van der Waals surface area contributed by atoms with Crippen molar-refractivity contribution in [3.8, 4) is 0 Å². The molecule has 20 heavy (non-hydrogen) atoms. The molecule has 0 spiro atoms. The number of nitrogens with zero attached hydrogens (tertiary/aromatic N) is 1. The largest absolute Gasteiger partial charge is 0.444 e. The third kappa shape index (κ3) is 8.42. The van der Waals surface area contributed by atoms with E-state index in [2.05, 4.69) is 11.9 Å². The zero-order chi connectivity index (χ0) is 15.8. The summed E-state index contributed by atoms with van der Waals surface area (Å²) in [5.74, 6) is 0. The van der Waals surface area contributed by atoms with Gasteiger partial charge in [-0.2, -0.15) is 0 Å². The molecule has 0 aliphatic heterocycles. The molecule has 0 saturated carbocycles. The molecule has 4 N–H and O–H groups in total. The average Bonchev–Trinajstić information content (AvgIpc) is 2.29. The van der Waals surface area contributed by atoms with E-state index < -0.39 is 17.8 Å². The van der Waals surface area contributed by atoms with Crippen LogP contribution in [0, 0.1) is 0 Å². The summed E-state index contributed by atoms with van der Waals surface area (Å²) < 4.78 is 5.12. The molecule has 0 saturated heterocycles. The van der Waals surface area contributed by atoms with Gasteiger partial charge in [0.25, 0.3) is 0 Å². The van der Waals surface area contributed by atoms with E-state index >= 15 is 0 Å². The third-order valence-corrected chi connectivity index (χ3v) is 2.36. The standard InChI is InChI=1S/C14H27N3O3/c1-11(12(2)18)17(10-7-15)9-6-8-16-13(19)20-14(3,4)5/h7,10,12,18H,1,6,8-9,15H2,2-5H3,(H,16,19)/b10-7-. The van der Waals surface area contributed by atoms with E-state index in [1.165, 1.54) is 6.20 Å². The van der Waals surface area contributed by atoms with Crippen molar-refractivity contribution < 1.29 is 14.6 Å². The summed E-state index contributed by atoms with van der Waals surface area (Å²) in [7, 11) is 0. The highest BCUT2D eigenvalue weighted by molar-refractivity contribution is 5.67. The van der Waals surface area contributed by atoms with Crippen molar-refractivity contribution in [1.82, 2.24) is 10.2 Å². The van der Waals surface area contributed by atoms with Crippen LogP contribution in [0.15, 0.2) is 24.7 Å². The lowest BCUT2D eigenvalue weighted by atomic mass is 10.2. The van der Waals surface area contributed by atoms with Gasteiger partial charge in [-0.15, -0.1) is 0 Å². The Kier molecular flexibility index (Phi) is 7.76. The first-order valence-corrected chi connectivity index (χ1v) is 6.66. The van der Waals surface area contributed by atoms with Crippen LogP contribution in [0.4, 0.5) is 4.79 Å². The summed E-state index contributed by atoms with van der Waals surface area (Å²) in [5, 5.41) is 12.2. The van der Waals surface area contributed by atoms with E-state index in [0.29, 0.717) is 25.2 Å². The van der Waals surface area contributed by atoms with Crippen molar-refractivity contribution in [2.45, 2.75) is 45.8 Å². The van der Waals surface area contributed by atoms with Gasteiger partial charge in [0.1, 0.15) is 5.60 Å². The fourth-order valence-corrected chi connectivity index (χ4v) is 1.41. The molecule has 1 amide bonds. The van der Waals surface area contributed by atoms with Crippen LogP contribution < -0.4 is 11.1 Å². The number of nitrogens with one attached hydrogen (secondary N) is 1. The number of nitrogens with two attached hydrogens (primary N) is 1. The van der Waals surface area contributed by atoms with Crippen molar-refractivity contribution in [2.24, 2.45) is 5.73 Å². The summed E-state index contributed by atoms with van der Waals surface area (Å²) in [6.45, 7) is 11.9. The molecule has 0 aromatic carbocycles. The lowest BCUT2D eigenvalue weighted by Gasteiger charge is -2.24. The highest BCUT2D eigenvalue weighted by Crippen LogP contribution is 2.09. The molecular formula is C14H27N3O3. The first kappa shape index (κ1) is 18.3. The van der Waals surface area contributed by atoms with Gasteiger partial charge in [0.05, 0.1) is 6.10 Å². The molecule has 0 aromatic rings. The van der Waals surface area contributed by atoms with Gasteiger partial charge in [-0.1, -0.05) is 6.58 Å². The summed E-state index contributed by atoms with van der Waals surface area (Å²) in [4.78, 5) is 13.2. The Balaban J connectivity index is 4.08. The zero-order valence-electron chi connectivity index (χ0n) is 12.8. The molecule has 0 rings (SSSR count). The zero-order valence-corrected chi connectivity index (χ0v) is 12.8. The smallest absolute Gasteiger partial charge is 0.407 e. The second kappa shape index (κ2) is 8.47. The minimum Gasteiger partial charge on any atom is -0.444 e. The maximum absolute atomic E-state index is 11.4. The maximum atomic E-state index is 11.4. The van der Waals surface area contributed by atoms with Gasteiger partial charge in [0.15, 0.2) is 0 Å². The molecule has 1 unspecified atom stereocenters. The molecule has 0 aliphatic carbocycles. The van der Waals surface area contributed by atoms with Crippen molar-refractivity contribution in [3.05, 3.63) is 24.7 Å². The molecule has 0 radical (unpaired) electrons. The number of ether oxygens (including phenoxy) is 1. The molecule has 0 aromatic heterocycles. The fourth-order valence-electron chi connectivity index (χ4n) is 1.41. The summed E-state index contributed by atoms with van der Waals surface area (Å²) in [6, 6.07) is 0. The molecule has 116 valence electrons. The molecule has 0 bridgehead atoms. The number of amides is 1. The number of alkyl carbamates (subject to hydrolysis) is 1. The van der Waals surface area contributed by atoms with Crippen LogP contribution in [0.3, 0.4) is 0 Å². The second-order valence-corrected chi connectivity index (χ2v) is 5.48. The maximum Gasteiger partial charge on any atom is 0.407 e. The van der Waals surface area contributed by atoms with Crippen LogP contribution >= 0.6 is 0 Å². The Bertz CT molecular complexity index is 346. The van der Waals surface area contributed by atoms with E-state index in [1.807, 2.05) is 20.8 Å². The molecule has 0 aliphatic rings. The van der Waals surface area contributed by atoms with Crippen molar-refractivity contribution in [2.75, 3.05) is 13.1 Å². The Morgan fingerprint density at radius 1 is 1.55 bits per heavy atom. The lowest BCUT2D eigenvalue weighted by Crippen LogP contribution is -2.34. The van der Waals surface area contributed by atoms with Crippen LogP contribution in [0.5, 0.6) is 0 Å². The van der Waals surface area contributed by atoms with Gasteiger partial charge >= 0.3 is 6.09 Å². The third-order valence-electron chi connectivity index (χ3n) is 2.36. The van der Waals surface area contributed by atoms with Crippen molar-refractivity contribution in [1.29, 1.82) is 0 Å². The number of rotatable bonds is 7. The Morgan fingerprint density at radius 3 is 2.60 bits per heavy atom. The van der Waals surface area contributed by atoms with Gasteiger partial charge < -0.3 is 25.8 Å². The normalized spacial score (nSPS) is 13.1. The van der Waals surface area contributed by atoms with Crippen LogP contribution in [0.2, 0.25) is 0 Å². The monoisotopic (exact) mass is 285 g/mol. The van der Waals surface area contributed by atoms with E-state index in [-0.39, 0.29) is 0 Å². The van der Waals surface area contributed by atoms with Gasteiger partial charge in [-0.05, 0) is 34.1 Å². The minimum absolute atomic E-state index is 0.437. The highest BCUT2D eigenvalue weighted by Gasteiger charge is 2.15. The first-order chi connectivity index (χ1) is 9.17. The van der Waals surface area contributed by atoms with Gasteiger partial charge in [-0.25, -0.2) is 4.79 Å². The number of hydrogen-bond donors (Lipinski definition) is 3. The van der Waals surface area contributed by atoms with Crippen LogP contribution in [-0.2, 0) is 4.74 Å². The van der Waals surface area contributed by atoms with E-state index in [4.69, 9.17) is 10.5 Å². The molecular weight excluding hydrogens is 258 g/mol. The first-order valence-electron chi connectivity index (χ1n) is 6.66. The molecule has 0 heterocycles. The van der Waals surface area contributed by atoms with Gasteiger partial charge in [0.2, 0.25) is 0 Å². The van der Waals surface area contributed by atoms with E-state index in [9.17, 15) is 9.90 Å². The second-order valence-electron chi connectivity index (χ2n) is 5.48. The van der Waals surface area contributed by atoms with E-state index in [1.54, 1.807) is 18.0 Å². The topological polar surface area (TPSA) is 87.8 Å². The predicted molar refractivity (Wildman–Crippen MR) is 79.7 cm³/mol. The Morgan fingerprint density at radius 2 is 2.15 bits per heavy atom. The van der Waals surface area contributed by atoms with Crippen molar-refractivity contribution >= 4 is 6.09 Å². The molecule has 1 atom stereocenters. The van der Waals surface area contributed by atoms with Gasteiger partial charge in [0, 0.05) is 31.2 Å². The van der Waals surface area contributed by atoms with Crippen molar-refractivity contribution in [3.63, 3.8) is 0 Å². The number of aliphatic hydroxyl groups excluding tert-OH is 1. The Labute approximate surface area is 121 Å². The number of carbonyl (C=O) groups excluding carboxylic acids is 1. The lowest BCUT2D eigenvalue weighted by molar-refractivity contribution is 0.0526. The number of carbonyl (C=O) groups is 1. The summed E-state index contributed by atoms with van der Waals surface area (Å²) in [5.41, 5.74) is 5.41. The molecule has 0 fully saturated rings. The fraction of sp³-hybridized carbons (Fsp3) is 0.643. The molecule has 6 nitrogen and oxygen atoms in total. The van der Waals surface area contributed by atoms with Crippen LogP contribution in [0.1, 0.15) is 34.1 Å². The van der Waals surface area contributed by atoms with Gasteiger partial charge in [-0.3, -0.25) is 0 Å². The number of hydrogen-bond acceptors (Lipinski definition) is 5. The summed E-state index contributed by atoms with van der Waals surface area (Å²) >= 11 is 0. The molecule has 6 heteroatoms. The summed E-state index contributed by atoms with van der Waals surface area (Å²) in [6.07, 6.45) is 2.62.